The molecule has 0 saturated heterocycles. The third-order valence-corrected chi connectivity index (χ3v) is 5.70. The molecular weight excluding hydrogens is 416 g/mol. The smallest absolute Gasteiger partial charge is 0.251 e. The van der Waals surface area contributed by atoms with E-state index in [1.165, 1.54) is 0 Å². The standard InChI is InChI=1S/C26H30N4O3/c27-14-18-4-2-5-21(13-18)19-7-9-20(10-8-19)26(33)30-24(16-32)23(15-31)12-17-3-1-6-22(11-17)25(28)29/h1-11,13,23-24,31-32H,12,14-16,27H2,(H3,28,29)(H,30,33). The summed E-state index contributed by atoms with van der Waals surface area (Å²) in [4.78, 5) is 12.8. The molecule has 1 amide bonds. The van der Waals surface area contributed by atoms with Crippen LogP contribution in [0.2, 0.25) is 0 Å². The van der Waals surface area contributed by atoms with Crippen LogP contribution in [0, 0.1) is 11.3 Å². The minimum Gasteiger partial charge on any atom is -0.396 e. The monoisotopic (exact) mass is 446 g/mol. The highest BCUT2D eigenvalue weighted by Crippen LogP contribution is 2.21. The molecule has 0 aliphatic rings. The van der Waals surface area contributed by atoms with Gasteiger partial charge in [-0.3, -0.25) is 10.2 Å². The summed E-state index contributed by atoms with van der Waals surface area (Å²) >= 11 is 0. The number of hydrogen-bond donors (Lipinski definition) is 6. The first-order valence-corrected chi connectivity index (χ1v) is 10.8. The van der Waals surface area contributed by atoms with E-state index < -0.39 is 12.0 Å². The normalized spacial score (nSPS) is 12.7. The Labute approximate surface area is 193 Å². The van der Waals surface area contributed by atoms with Gasteiger partial charge in [-0.15, -0.1) is 0 Å². The van der Waals surface area contributed by atoms with E-state index in [0.717, 1.165) is 22.3 Å². The predicted molar refractivity (Wildman–Crippen MR) is 130 cm³/mol. The number of aliphatic hydroxyl groups is 2. The van der Waals surface area contributed by atoms with Crippen LogP contribution in [0.15, 0.2) is 72.8 Å². The lowest BCUT2D eigenvalue weighted by Gasteiger charge is -2.25. The van der Waals surface area contributed by atoms with Crippen molar-refractivity contribution in [3.8, 4) is 11.1 Å². The number of amidine groups is 1. The number of nitrogens with one attached hydrogen (secondary N) is 2. The molecule has 2 atom stereocenters. The molecular formula is C26H30N4O3. The van der Waals surface area contributed by atoms with Gasteiger partial charge in [0, 0.05) is 30.2 Å². The summed E-state index contributed by atoms with van der Waals surface area (Å²) < 4.78 is 0. The lowest BCUT2D eigenvalue weighted by Crippen LogP contribution is -2.45. The van der Waals surface area contributed by atoms with Crippen molar-refractivity contribution in [2.75, 3.05) is 13.2 Å². The maximum absolute atomic E-state index is 12.8. The van der Waals surface area contributed by atoms with Gasteiger partial charge >= 0.3 is 0 Å². The SMILES string of the molecule is N=C(N)c1cccc(CC(CO)C(CO)NC(=O)c2ccc(-c3cccc(CN)c3)cc2)c1. The zero-order chi connectivity index (χ0) is 23.8. The van der Waals surface area contributed by atoms with Gasteiger partial charge in [-0.2, -0.15) is 0 Å². The van der Waals surface area contributed by atoms with Gasteiger partial charge < -0.3 is 27.0 Å². The predicted octanol–water partition coefficient (Wildman–Crippen LogP) is 2.04. The largest absolute Gasteiger partial charge is 0.396 e. The van der Waals surface area contributed by atoms with Crippen LogP contribution in [0.25, 0.3) is 11.1 Å². The highest BCUT2D eigenvalue weighted by Gasteiger charge is 2.23. The quantitative estimate of drug-likeness (QED) is 0.208. The lowest BCUT2D eigenvalue weighted by molar-refractivity contribution is 0.0850. The summed E-state index contributed by atoms with van der Waals surface area (Å²) in [7, 11) is 0. The number of hydrogen-bond acceptors (Lipinski definition) is 5. The molecule has 8 N–H and O–H groups in total. The van der Waals surface area contributed by atoms with E-state index in [9.17, 15) is 15.0 Å². The number of carbonyl (C=O) groups is 1. The van der Waals surface area contributed by atoms with E-state index in [2.05, 4.69) is 5.32 Å². The molecule has 0 saturated carbocycles. The summed E-state index contributed by atoms with van der Waals surface area (Å²) in [6.45, 7) is -0.0680. The zero-order valence-electron chi connectivity index (χ0n) is 18.4. The third-order valence-electron chi connectivity index (χ3n) is 5.70. The Balaban J connectivity index is 1.70. The summed E-state index contributed by atoms with van der Waals surface area (Å²) in [5, 5.41) is 30.2. The van der Waals surface area contributed by atoms with Crippen molar-refractivity contribution in [2.24, 2.45) is 17.4 Å². The lowest BCUT2D eigenvalue weighted by atomic mass is 9.92. The minimum absolute atomic E-state index is 0.0392. The second-order valence-corrected chi connectivity index (χ2v) is 8.01. The molecule has 7 nitrogen and oxygen atoms in total. The number of carbonyl (C=O) groups excluding carboxylic acids is 1. The summed E-state index contributed by atoms with van der Waals surface area (Å²) in [6, 6.07) is 21.7. The van der Waals surface area contributed by atoms with Crippen molar-refractivity contribution in [1.29, 1.82) is 5.41 Å². The van der Waals surface area contributed by atoms with Crippen LogP contribution in [-0.4, -0.2) is 41.2 Å². The van der Waals surface area contributed by atoms with Gasteiger partial charge in [-0.25, -0.2) is 0 Å². The Morgan fingerprint density at radius 2 is 1.58 bits per heavy atom. The maximum atomic E-state index is 12.8. The van der Waals surface area contributed by atoms with Crippen molar-refractivity contribution < 1.29 is 15.0 Å². The Kier molecular flexibility index (Phi) is 8.32. The van der Waals surface area contributed by atoms with Gasteiger partial charge in [0.05, 0.1) is 12.6 Å². The highest BCUT2D eigenvalue weighted by molar-refractivity contribution is 5.95. The first-order chi connectivity index (χ1) is 15.9. The number of amides is 1. The van der Waals surface area contributed by atoms with Crippen molar-refractivity contribution in [1.82, 2.24) is 5.32 Å². The molecule has 0 fully saturated rings. The van der Waals surface area contributed by atoms with Gasteiger partial charge in [0.1, 0.15) is 5.84 Å². The molecule has 0 radical (unpaired) electrons. The summed E-state index contributed by atoms with van der Waals surface area (Å²) in [5.74, 6) is -0.769. The van der Waals surface area contributed by atoms with Gasteiger partial charge in [0.25, 0.3) is 5.91 Å². The van der Waals surface area contributed by atoms with Gasteiger partial charge in [0.15, 0.2) is 0 Å². The number of nitrogen functional groups attached to an aromatic ring is 1. The Morgan fingerprint density at radius 1 is 0.879 bits per heavy atom. The molecule has 0 heterocycles. The summed E-state index contributed by atoms with van der Waals surface area (Å²) in [6.07, 6.45) is 0.416. The van der Waals surface area contributed by atoms with Crippen LogP contribution in [0.3, 0.4) is 0 Å². The topological polar surface area (TPSA) is 145 Å². The second-order valence-electron chi connectivity index (χ2n) is 8.01. The third kappa shape index (κ3) is 6.26. The fourth-order valence-corrected chi connectivity index (χ4v) is 3.76. The molecule has 3 rings (SSSR count). The fourth-order valence-electron chi connectivity index (χ4n) is 3.76. The molecule has 3 aromatic rings. The van der Waals surface area contributed by atoms with E-state index in [4.69, 9.17) is 16.9 Å². The van der Waals surface area contributed by atoms with E-state index in [1.54, 1.807) is 30.3 Å². The molecule has 0 bridgehead atoms. The maximum Gasteiger partial charge on any atom is 0.251 e. The average Bonchev–Trinajstić information content (AvgIpc) is 2.86. The highest BCUT2D eigenvalue weighted by atomic mass is 16.3. The van der Waals surface area contributed by atoms with E-state index in [1.807, 2.05) is 42.5 Å². The van der Waals surface area contributed by atoms with Crippen LogP contribution in [0.1, 0.15) is 27.0 Å². The van der Waals surface area contributed by atoms with Crippen molar-refractivity contribution in [3.05, 3.63) is 95.1 Å². The number of benzene rings is 3. The number of nitrogens with two attached hydrogens (primary N) is 2. The van der Waals surface area contributed by atoms with Crippen LogP contribution in [0.4, 0.5) is 0 Å². The van der Waals surface area contributed by atoms with Crippen LogP contribution < -0.4 is 16.8 Å². The minimum atomic E-state index is -0.635. The Hall–Kier alpha value is -3.52. The van der Waals surface area contributed by atoms with Crippen molar-refractivity contribution >= 4 is 11.7 Å². The van der Waals surface area contributed by atoms with E-state index in [0.29, 0.717) is 24.1 Å². The molecule has 0 aliphatic carbocycles. The van der Waals surface area contributed by atoms with Crippen LogP contribution in [0.5, 0.6) is 0 Å². The van der Waals surface area contributed by atoms with E-state index >= 15 is 0 Å². The fraction of sp³-hybridized carbons (Fsp3) is 0.231. The van der Waals surface area contributed by atoms with Gasteiger partial charge in [0.2, 0.25) is 0 Å². The first-order valence-electron chi connectivity index (χ1n) is 10.8. The molecule has 0 aromatic heterocycles. The molecule has 7 heteroatoms. The average molecular weight is 447 g/mol. The van der Waals surface area contributed by atoms with E-state index in [-0.39, 0.29) is 25.0 Å². The van der Waals surface area contributed by atoms with Crippen LogP contribution >= 0.6 is 0 Å². The first kappa shape index (κ1) is 24.1. The summed E-state index contributed by atoms with van der Waals surface area (Å²) in [5.41, 5.74) is 16.2. The molecule has 2 unspecified atom stereocenters. The van der Waals surface area contributed by atoms with Crippen molar-refractivity contribution in [3.63, 3.8) is 0 Å². The molecule has 3 aromatic carbocycles. The second kappa shape index (κ2) is 11.4. The molecule has 0 aliphatic heterocycles. The molecule has 0 spiro atoms. The zero-order valence-corrected chi connectivity index (χ0v) is 18.4. The molecule has 172 valence electrons. The van der Waals surface area contributed by atoms with Gasteiger partial charge in [-0.05, 0) is 52.9 Å². The molecule has 33 heavy (non-hydrogen) atoms. The Bertz CT molecular complexity index is 1100. The van der Waals surface area contributed by atoms with Crippen molar-refractivity contribution in [2.45, 2.75) is 19.0 Å². The van der Waals surface area contributed by atoms with Gasteiger partial charge in [-0.1, -0.05) is 48.5 Å². The number of rotatable bonds is 10. The Morgan fingerprint density at radius 3 is 2.21 bits per heavy atom. The van der Waals surface area contributed by atoms with Crippen LogP contribution in [-0.2, 0) is 13.0 Å². The number of aliphatic hydroxyl groups excluding tert-OH is 2.